The third kappa shape index (κ3) is 7.18. The molecule has 0 spiro atoms. The number of carbonyl (C=O) groups excluding carboxylic acids is 1. The van der Waals surface area contributed by atoms with E-state index in [4.69, 9.17) is 5.11 Å². The molecule has 21 heavy (non-hydrogen) atoms. The Bertz CT molecular complexity index is 459. The van der Waals surface area contributed by atoms with Crippen LogP contribution in [0.3, 0.4) is 0 Å². The first-order valence-electron chi connectivity index (χ1n) is 7.28. The molecular weight excluding hydrogens is 286 g/mol. The van der Waals surface area contributed by atoms with Crippen LogP contribution in [0.4, 0.5) is 0 Å². The highest BCUT2D eigenvalue weighted by Gasteiger charge is 2.13. The average molecular weight is 309 g/mol. The number of rotatable bonds is 9. The number of nitrogens with one attached hydrogen (secondary N) is 1. The van der Waals surface area contributed by atoms with Gasteiger partial charge in [-0.2, -0.15) is 0 Å². The molecule has 1 amide bonds. The second-order valence-electron chi connectivity index (χ2n) is 4.97. The highest BCUT2D eigenvalue weighted by molar-refractivity contribution is 8.00. The molecule has 1 rings (SSSR count). The molecule has 0 fully saturated rings. The van der Waals surface area contributed by atoms with Gasteiger partial charge in [0.25, 0.3) is 0 Å². The van der Waals surface area contributed by atoms with Crippen molar-refractivity contribution in [1.29, 1.82) is 0 Å². The van der Waals surface area contributed by atoms with E-state index in [1.807, 2.05) is 19.1 Å². The zero-order chi connectivity index (χ0) is 15.7. The molecule has 1 atom stereocenters. The molecule has 0 bridgehead atoms. The summed E-state index contributed by atoms with van der Waals surface area (Å²) in [6.45, 7) is 4.74. The van der Waals surface area contributed by atoms with Crippen molar-refractivity contribution in [2.24, 2.45) is 0 Å². The van der Waals surface area contributed by atoms with Crippen LogP contribution in [0.5, 0.6) is 0 Å². The van der Waals surface area contributed by atoms with Crippen LogP contribution in [0.2, 0.25) is 0 Å². The second kappa shape index (κ2) is 9.45. The van der Waals surface area contributed by atoms with Gasteiger partial charge in [0.15, 0.2) is 0 Å². The van der Waals surface area contributed by atoms with E-state index in [1.54, 1.807) is 12.1 Å². The van der Waals surface area contributed by atoms with Gasteiger partial charge in [-0.3, -0.25) is 9.59 Å². The molecule has 0 radical (unpaired) electrons. The fourth-order valence-corrected chi connectivity index (χ4v) is 2.74. The fourth-order valence-electron chi connectivity index (χ4n) is 1.85. The summed E-state index contributed by atoms with van der Waals surface area (Å²) in [5, 5.41) is 11.5. The third-order valence-electron chi connectivity index (χ3n) is 3.04. The molecule has 0 aliphatic heterocycles. The number of carboxylic acid groups (broad SMARTS) is 1. The number of benzene rings is 1. The van der Waals surface area contributed by atoms with Gasteiger partial charge in [-0.05, 0) is 31.0 Å². The van der Waals surface area contributed by atoms with Crippen LogP contribution in [-0.4, -0.2) is 28.8 Å². The number of carboxylic acids is 1. The molecule has 5 heteroatoms. The Hall–Kier alpha value is -1.49. The number of hydrogen-bond donors (Lipinski definition) is 2. The minimum atomic E-state index is -0.838. The Kier molecular flexibility index (Phi) is 7.90. The number of aliphatic carboxylic acids is 1. The van der Waals surface area contributed by atoms with Crippen LogP contribution in [-0.2, 0) is 16.0 Å². The molecular formula is C16H23NO3S. The maximum atomic E-state index is 11.9. The Morgan fingerprint density at radius 1 is 1.24 bits per heavy atom. The van der Waals surface area contributed by atoms with Gasteiger partial charge in [-0.25, -0.2) is 0 Å². The van der Waals surface area contributed by atoms with Gasteiger partial charge in [0, 0.05) is 11.4 Å². The summed E-state index contributed by atoms with van der Waals surface area (Å²) in [7, 11) is 0. The van der Waals surface area contributed by atoms with E-state index in [-0.39, 0.29) is 17.6 Å². The number of carbonyl (C=O) groups is 2. The van der Waals surface area contributed by atoms with Crippen LogP contribution in [0.15, 0.2) is 29.2 Å². The Balaban J connectivity index is 2.41. The van der Waals surface area contributed by atoms with Gasteiger partial charge in [-0.15, -0.1) is 11.8 Å². The van der Waals surface area contributed by atoms with E-state index in [9.17, 15) is 9.59 Å². The summed E-state index contributed by atoms with van der Waals surface area (Å²) >= 11 is 1.48. The van der Waals surface area contributed by atoms with Crippen molar-refractivity contribution in [1.82, 2.24) is 5.32 Å². The van der Waals surface area contributed by atoms with E-state index in [0.29, 0.717) is 0 Å². The predicted molar refractivity (Wildman–Crippen MR) is 85.6 cm³/mol. The van der Waals surface area contributed by atoms with E-state index in [2.05, 4.69) is 12.2 Å². The molecule has 0 saturated heterocycles. The Morgan fingerprint density at radius 2 is 1.90 bits per heavy atom. The number of hydrogen-bond acceptors (Lipinski definition) is 3. The normalized spacial score (nSPS) is 11.9. The molecule has 0 heterocycles. The van der Waals surface area contributed by atoms with Crippen LogP contribution >= 0.6 is 11.8 Å². The monoisotopic (exact) mass is 309 g/mol. The summed E-state index contributed by atoms with van der Waals surface area (Å²) in [5.74, 6) is -0.791. The molecule has 116 valence electrons. The van der Waals surface area contributed by atoms with Crippen LogP contribution in [0.25, 0.3) is 0 Å². The summed E-state index contributed by atoms with van der Waals surface area (Å²) in [4.78, 5) is 23.5. The predicted octanol–water partition coefficient (Wildman–Crippen LogP) is 3.10. The Labute approximate surface area is 130 Å². The maximum absolute atomic E-state index is 11.9. The van der Waals surface area contributed by atoms with Crippen molar-refractivity contribution in [2.75, 3.05) is 6.54 Å². The number of unbranched alkanes of at least 4 members (excludes halogenated alkanes) is 2. The number of amides is 1. The van der Waals surface area contributed by atoms with Crippen molar-refractivity contribution in [2.45, 2.75) is 49.7 Å². The summed E-state index contributed by atoms with van der Waals surface area (Å²) in [5.41, 5.74) is 0.767. The first-order valence-corrected chi connectivity index (χ1v) is 8.16. The minimum Gasteiger partial charge on any atom is -0.481 e. The minimum absolute atomic E-state index is 0.0262. The average Bonchev–Trinajstić information content (AvgIpc) is 2.45. The molecule has 2 N–H and O–H groups in total. The standard InChI is InChI=1S/C16H23NO3S/c1-3-4-5-10-17-16(20)12(2)21-14-8-6-13(7-9-14)11-15(18)19/h6-9,12H,3-5,10-11H2,1-2H3,(H,17,20)(H,18,19). The van der Waals surface area contributed by atoms with Crippen LogP contribution in [0, 0.1) is 0 Å². The van der Waals surface area contributed by atoms with Gasteiger partial charge >= 0.3 is 5.97 Å². The molecule has 0 aliphatic rings. The molecule has 1 unspecified atom stereocenters. The summed E-state index contributed by atoms with van der Waals surface area (Å²) in [6, 6.07) is 7.32. The molecule has 0 aliphatic carbocycles. The van der Waals surface area contributed by atoms with E-state index in [1.165, 1.54) is 11.8 Å². The topological polar surface area (TPSA) is 66.4 Å². The zero-order valence-electron chi connectivity index (χ0n) is 12.6. The van der Waals surface area contributed by atoms with Gasteiger partial charge in [0.2, 0.25) is 5.91 Å². The smallest absolute Gasteiger partial charge is 0.307 e. The van der Waals surface area contributed by atoms with Crippen LogP contribution < -0.4 is 5.32 Å². The van der Waals surface area contributed by atoms with Crippen LogP contribution in [0.1, 0.15) is 38.7 Å². The van der Waals surface area contributed by atoms with Gasteiger partial charge < -0.3 is 10.4 Å². The first kappa shape index (κ1) is 17.6. The van der Waals surface area contributed by atoms with Crippen molar-refractivity contribution < 1.29 is 14.7 Å². The zero-order valence-corrected chi connectivity index (χ0v) is 13.4. The molecule has 0 saturated carbocycles. The second-order valence-corrected chi connectivity index (χ2v) is 6.39. The lowest BCUT2D eigenvalue weighted by molar-refractivity contribution is -0.136. The highest BCUT2D eigenvalue weighted by Crippen LogP contribution is 2.23. The van der Waals surface area contributed by atoms with Crippen molar-refractivity contribution in [3.05, 3.63) is 29.8 Å². The molecule has 4 nitrogen and oxygen atoms in total. The number of thioether (sulfide) groups is 1. The first-order chi connectivity index (χ1) is 10.0. The summed E-state index contributed by atoms with van der Waals surface area (Å²) in [6.07, 6.45) is 3.32. The van der Waals surface area contributed by atoms with E-state index < -0.39 is 5.97 Å². The SMILES string of the molecule is CCCCCNC(=O)C(C)Sc1ccc(CC(=O)O)cc1. The van der Waals surface area contributed by atoms with Crippen molar-refractivity contribution in [3.8, 4) is 0 Å². The lowest BCUT2D eigenvalue weighted by Crippen LogP contribution is -2.31. The Morgan fingerprint density at radius 3 is 2.48 bits per heavy atom. The highest BCUT2D eigenvalue weighted by atomic mass is 32.2. The molecule has 1 aromatic rings. The molecule has 0 aromatic heterocycles. The maximum Gasteiger partial charge on any atom is 0.307 e. The van der Waals surface area contributed by atoms with E-state index in [0.717, 1.165) is 36.3 Å². The van der Waals surface area contributed by atoms with Crippen molar-refractivity contribution in [3.63, 3.8) is 0 Å². The van der Waals surface area contributed by atoms with Gasteiger partial charge in [0.05, 0.1) is 11.7 Å². The van der Waals surface area contributed by atoms with Gasteiger partial charge in [-0.1, -0.05) is 31.9 Å². The quantitative estimate of drug-likeness (QED) is 0.543. The lowest BCUT2D eigenvalue weighted by atomic mass is 10.2. The van der Waals surface area contributed by atoms with E-state index >= 15 is 0 Å². The fraction of sp³-hybridized carbons (Fsp3) is 0.500. The van der Waals surface area contributed by atoms with Crippen molar-refractivity contribution >= 4 is 23.6 Å². The lowest BCUT2D eigenvalue weighted by Gasteiger charge is -2.12. The third-order valence-corrected chi connectivity index (χ3v) is 4.15. The van der Waals surface area contributed by atoms with Gasteiger partial charge in [0.1, 0.15) is 0 Å². The summed E-state index contributed by atoms with van der Waals surface area (Å²) < 4.78 is 0. The largest absolute Gasteiger partial charge is 0.481 e. The molecule has 1 aromatic carbocycles.